The van der Waals surface area contributed by atoms with Crippen molar-refractivity contribution in [2.45, 2.75) is 51.6 Å². The van der Waals surface area contributed by atoms with Gasteiger partial charge in [-0.1, -0.05) is 13.3 Å². The summed E-state index contributed by atoms with van der Waals surface area (Å²) in [6.07, 6.45) is 5.52. The topological polar surface area (TPSA) is 15.3 Å². The minimum atomic E-state index is 0.795. The van der Waals surface area contributed by atoms with Gasteiger partial charge in [-0.05, 0) is 45.2 Å². The Morgan fingerprint density at radius 2 is 2.29 bits per heavy atom. The van der Waals surface area contributed by atoms with Gasteiger partial charge in [0.1, 0.15) is 0 Å². The Hall–Kier alpha value is -0.0800. The van der Waals surface area contributed by atoms with E-state index in [2.05, 4.69) is 24.1 Å². The van der Waals surface area contributed by atoms with Crippen molar-refractivity contribution >= 4 is 0 Å². The van der Waals surface area contributed by atoms with Gasteiger partial charge in [-0.15, -0.1) is 0 Å². The van der Waals surface area contributed by atoms with Crippen molar-refractivity contribution in [3.05, 3.63) is 0 Å². The molecule has 2 aliphatic rings. The highest BCUT2D eigenvalue weighted by atomic mass is 15.2. The first-order valence-electron chi connectivity index (χ1n) is 6.28. The average Bonchev–Trinajstić information content (AvgIpc) is 2.64. The molecule has 0 aromatic carbocycles. The molecule has 2 saturated heterocycles. The van der Waals surface area contributed by atoms with Crippen LogP contribution in [-0.2, 0) is 0 Å². The fraction of sp³-hybridized carbons (Fsp3) is 1.00. The van der Waals surface area contributed by atoms with Crippen LogP contribution in [0.2, 0.25) is 0 Å². The van der Waals surface area contributed by atoms with Crippen molar-refractivity contribution in [1.82, 2.24) is 10.2 Å². The summed E-state index contributed by atoms with van der Waals surface area (Å²) in [5.41, 5.74) is 0. The Morgan fingerprint density at radius 1 is 1.43 bits per heavy atom. The lowest BCUT2D eigenvalue weighted by atomic mass is 9.91. The molecule has 1 N–H and O–H groups in total. The second-order valence-corrected chi connectivity index (χ2v) is 5.03. The second-order valence-electron chi connectivity index (χ2n) is 5.03. The summed E-state index contributed by atoms with van der Waals surface area (Å²) < 4.78 is 0. The minimum absolute atomic E-state index is 0.795. The molecule has 2 rings (SSSR count). The van der Waals surface area contributed by atoms with Crippen molar-refractivity contribution in [2.75, 3.05) is 19.6 Å². The SMILES string of the molecule is CCCC(C)N1CC[C@H]2CCN[C@H]2C1. The number of hydrogen-bond donors (Lipinski definition) is 1. The molecule has 1 unspecified atom stereocenters. The normalized spacial score (nSPS) is 35.6. The summed E-state index contributed by atoms with van der Waals surface area (Å²) in [5.74, 6) is 0.986. The van der Waals surface area contributed by atoms with E-state index in [4.69, 9.17) is 0 Å². The maximum atomic E-state index is 3.64. The first-order valence-corrected chi connectivity index (χ1v) is 6.28. The number of nitrogens with one attached hydrogen (secondary N) is 1. The Bertz CT molecular complexity index is 181. The second kappa shape index (κ2) is 4.63. The summed E-state index contributed by atoms with van der Waals surface area (Å²) >= 11 is 0. The third-order valence-corrected chi connectivity index (χ3v) is 4.04. The standard InChI is InChI=1S/C12H24N2/c1-3-4-10(2)14-8-6-11-5-7-13-12(11)9-14/h10-13H,3-9H2,1-2H3/t10?,11-,12+/m1/s1. The minimum Gasteiger partial charge on any atom is -0.312 e. The number of likely N-dealkylation sites (tertiary alicyclic amines) is 1. The van der Waals surface area contributed by atoms with E-state index in [-0.39, 0.29) is 0 Å². The van der Waals surface area contributed by atoms with Gasteiger partial charge in [0.2, 0.25) is 0 Å². The predicted octanol–water partition coefficient (Wildman–Crippen LogP) is 1.86. The van der Waals surface area contributed by atoms with E-state index < -0.39 is 0 Å². The zero-order valence-corrected chi connectivity index (χ0v) is 9.63. The molecular weight excluding hydrogens is 172 g/mol. The number of piperidine rings is 1. The maximum absolute atomic E-state index is 3.64. The summed E-state index contributed by atoms with van der Waals surface area (Å²) in [7, 11) is 0. The number of rotatable bonds is 3. The molecule has 0 aliphatic carbocycles. The Labute approximate surface area is 88.1 Å². The number of hydrogen-bond acceptors (Lipinski definition) is 2. The van der Waals surface area contributed by atoms with E-state index in [0.717, 1.165) is 18.0 Å². The van der Waals surface area contributed by atoms with E-state index in [1.54, 1.807) is 0 Å². The van der Waals surface area contributed by atoms with Crippen LogP contribution < -0.4 is 5.32 Å². The molecule has 0 aromatic rings. The third-order valence-electron chi connectivity index (χ3n) is 4.04. The van der Waals surface area contributed by atoms with Crippen molar-refractivity contribution in [1.29, 1.82) is 0 Å². The van der Waals surface area contributed by atoms with E-state index in [9.17, 15) is 0 Å². The van der Waals surface area contributed by atoms with Crippen LogP contribution in [0.4, 0.5) is 0 Å². The van der Waals surface area contributed by atoms with Crippen LogP contribution in [0.3, 0.4) is 0 Å². The van der Waals surface area contributed by atoms with Crippen molar-refractivity contribution in [3.8, 4) is 0 Å². The van der Waals surface area contributed by atoms with Gasteiger partial charge in [0.15, 0.2) is 0 Å². The van der Waals surface area contributed by atoms with Gasteiger partial charge in [-0.3, -0.25) is 4.90 Å². The summed E-state index contributed by atoms with van der Waals surface area (Å²) in [4.78, 5) is 2.68. The molecule has 0 bridgehead atoms. The quantitative estimate of drug-likeness (QED) is 0.741. The molecule has 2 fully saturated rings. The van der Waals surface area contributed by atoms with Gasteiger partial charge in [-0.25, -0.2) is 0 Å². The molecule has 0 radical (unpaired) electrons. The van der Waals surface area contributed by atoms with Gasteiger partial charge >= 0.3 is 0 Å². The van der Waals surface area contributed by atoms with Crippen LogP contribution in [0.5, 0.6) is 0 Å². The molecule has 3 atom stereocenters. The Morgan fingerprint density at radius 3 is 3.07 bits per heavy atom. The summed E-state index contributed by atoms with van der Waals surface area (Å²) in [6.45, 7) is 8.57. The largest absolute Gasteiger partial charge is 0.312 e. The third kappa shape index (κ3) is 2.12. The molecule has 2 aliphatic heterocycles. The predicted molar refractivity (Wildman–Crippen MR) is 60.5 cm³/mol. The van der Waals surface area contributed by atoms with Gasteiger partial charge < -0.3 is 5.32 Å². The fourth-order valence-corrected chi connectivity index (χ4v) is 3.06. The average molecular weight is 196 g/mol. The lowest BCUT2D eigenvalue weighted by Gasteiger charge is -2.38. The van der Waals surface area contributed by atoms with E-state index in [1.165, 1.54) is 45.3 Å². The van der Waals surface area contributed by atoms with Crippen LogP contribution in [-0.4, -0.2) is 36.6 Å². The smallest absolute Gasteiger partial charge is 0.0224 e. The molecule has 0 aromatic heterocycles. The zero-order valence-electron chi connectivity index (χ0n) is 9.63. The molecule has 0 spiro atoms. The molecule has 2 heterocycles. The fourth-order valence-electron chi connectivity index (χ4n) is 3.06. The van der Waals surface area contributed by atoms with E-state index >= 15 is 0 Å². The molecule has 14 heavy (non-hydrogen) atoms. The first-order chi connectivity index (χ1) is 6.81. The first kappa shape index (κ1) is 10.4. The van der Waals surface area contributed by atoms with Gasteiger partial charge in [0.25, 0.3) is 0 Å². The van der Waals surface area contributed by atoms with Crippen molar-refractivity contribution in [3.63, 3.8) is 0 Å². The van der Waals surface area contributed by atoms with E-state index in [0.29, 0.717) is 0 Å². The summed E-state index contributed by atoms with van der Waals surface area (Å²) in [6, 6.07) is 1.60. The van der Waals surface area contributed by atoms with Crippen molar-refractivity contribution in [2.24, 2.45) is 5.92 Å². The Balaban J connectivity index is 1.84. The van der Waals surface area contributed by atoms with Crippen molar-refractivity contribution < 1.29 is 0 Å². The van der Waals surface area contributed by atoms with Crippen LogP contribution in [0, 0.1) is 5.92 Å². The Kier molecular flexibility index (Phi) is 3.45. The lowest BCUT2D eigenvalue weighted by molar-refractivity contribution is 0.121. The molecular formula is C12H24N2. The van der Waals surface area contributed by atoms with Crippen LogP contribution >= 0.6 is 0 Å². The maximum Gasteiger partial charge on any atom is 0.0224 e. The molecule has 2 heteroatoms. The van der Waals surface area contributed by atoms with Crippen LogP contribution in [0.1, 0.15) is 39.5 Å². The van der Waals surface area contributed by atoms with Gasteiger partial charge in [-0.2, -0.15) is 0 Å². The van der Waals surface area contributed by atoms with Crippen LogP contribution in [0.15, 0.2) is 0 Å². The molecule has 0 amide bonds. The molecule has 82 valence electrons. The summed E-state index contributed by atoms with van der Waals surface area (Å²) in [5, 5.41) is 3.64. The molecule has 2 nitrogen and oxygen atoms in total. The number of fused-ring (bicyclic) bond motifs is 1. The monoisotopic (exact) mass is 196 g/mol. The van der Waals surface area contributed by atoms with Gasteiger partial charge in [0, 0.05) is 18.6 Å². The molecule has 0 saturated carbocycles. The number of nitrogens with zero attached hydrogens (tertiary/aromatic N) is 1. The van der Waals surface area contributed by atoms with E-state index in [1.807, 2.05) is 0 Å². The highest BCUT2D eigenvalue weighted by Gasteiger charge is 2.33. The van der Waals surface area contributed by atoms with Crippen LogP contribution in [0.25, 0.3) is 0 Å². The highest BCUT2D eigenvalue weighted by molar-refractivity contribution is 4.91. The lowest BCUT2D eigenvalue weighted by Crippen LogP contribution is -2.49. The van der Waals surface area contributed by atoms with Gasteiger partial charge in [0.05, 0.1) is 0 Å². The highest BCUT2D eigenvalue weighted by Crippen LogP contribution is 2.26. The zero-order chi connectivity index (χ0) is 9.97.